The summed E-state index contributed by atoms with van der Waals surface area (Å²) >= 11 is 0. The van der Waals surface area contributed by atoms with Crippen LogP contribution in [0.25, 0.3) is 0 Å². The van der Waals surface area contributed by atoms with E-state index < -0.39 is 25.0 Å². The molecule has 1 fully saturated rings. The molecule has 1 aliphatic heterocycles. The van der Waals surface area contributed by atoms with Crippen LogP contribution in [0.5, 0.6) is 5.75 Å². The van der Waals surface area contributed by atoms with Crippen LogP contribution >= 0.6 is 0 Å². The van der Waals surface area contributed by atoms with E-state index in [4.69, 9.17) is 22.8 Å². The molecule has 0 aromatic heterocycles. The van der Waals surface area contributed by atoms with Gasteiger partial charge in [-0.15, -0.1) is 0 Å². The molecule has 0 radical (unpaired) electrons. The maximum atomic E-state index is 7.25. The molecule has 2 rings (SSSR count). The smallest absolute Gasteiger partial charge is 0.192 e. The highest BCUT2D eigenvalue weighted by atomic mass is 28.4. The minimum atomic E-state index is -2.14. The molecule has 0 spiro atoms. The number of rotatable bonds is 10. The van der Waals surface area contributed by atoms with Gasteiger partial charge in [-0.05, 0) is 66.0 Å². The molecule has 1 saturated heterocycles. The molecule has 0 N–H and O–H groups in total. The van der Waals surface area contributed by atoms with E-state index in [-0.39, 0.29) is 39.5 Å². The highest BCUT2D eigenvalue weighted by Gasteiger charge is 2.54. The zero-order valence-corrected chi connectivity index (χ0v) is 31.1. The van der Waals surface area contributed by atoms with Gasteiger partial charge in [0.15, 0.2) is 25.0 Å². The lowest BCUT2D eigenvalue weighted by Crippen LogP contribution is -2.55. The van der Waals surface area contributed by atoms with E-state index in [0.29, 0.717) is 13.0 Å². The third-order valence-corrected chi connectivity index (χ3v) is 23.4. The molecular formula is C31H60O5Si3. The SMILES string of the molecule is COc1ccccc1C[C@@H]1O[C@H](CO[Si](C)(C)C(C)(C)C)[C@@H](O[Si](C)(C)C(C)(C)C)[C@H]1O[Si](C)(C)C(C)(C)C. The van der Waals surface area contributed by atoms with Crippen LogP contribution in [0.1, 0.15) is 67.9 Å². The third-order valence-electron chi connectivity index (χ3n) is 9.91. The van der Waals surface area contributed by atoms with Crippen molar-refractivity contribution in [3.05, 3.63) is 29.8 Å². The van der Waals surface area contributed by atoms with E-state index in [9.17, 15) is 0 Å². The quantitative estimate of drug-likeness (QED) is 0.253. The molecule has 1 aliphatic rings. The van der Waals surface area contributed by atoms with Crippen LogP contribution in [0, 0.1) is 0 Å². The second-order valence-corrected chi connectivity index (χ2v) is 30.3. The summed E-state index contributed by atoms with van der Waals surface area (Å²) in [6.45, 7) is 35.1. The highest BCUT2D eigenvalue weighted by molar-refractivity contribution is 6.75. The van der Waals surface area contributed by atoms with Gasteiger partial charge in [0.2, 0.25) is 0 Å². The Balaban J connectivity index is 2.57. The molecule has 1 aromatic carbocycles. The summed E-state index contributed by atoms with van der Waals surface area (Å²) in [6, 6.07) is 8.24. The van der Waals surface area contributed by atoms with Gasteiger partial charge in [-0.25, -0.2) is 0 Å². The van der Waals surface area contributed by atoms with Gasteiger partial charge in [-0.1, -0.05) is 80.5 Å². The first kappa shape index (κ1) is 34.7. The number of ether oxygens (including phenoxy) is 2. The van der Waals surface area contributed by atoms with Gasteiger partial charge >= 0.3 is 0 Å². The molecule has 8 heteroatoms. The van der Waals surface area contributed by atoms with E-state index >= 15 is 0 Å². The van der Waals surface area contributed by atoms with Crippen molar-refractivity contribution >= 4 is 25.0 Å². The Morgan fingerprint density at radius 1 is 0.667 bits per heavy atom. The van der Waals surface area contributed by atoms with Gasteiger partial charge < -0.3 is 22.8 Å². The molecule has 4 atom stereocenters. The Morgan fingerprint density at radius 2 is 1.10 bits per heavy atom. The lowest BCUT2D eigenvalue weighted by atomic mass is 10.0. The molecule has 226 valence electrons. The van der Waals surface area contributed by atoms with Crippen LogP contribution in [0.4, 0.5) is 0 Å². The van der Waals surface area contributed by atoms with E-state index in [2.05, 4.69) is 114 Å². The normalized spacial score (nSPS) is 23.8. The first-order chi connectivity index (χ1) is 17.4. The maximum Gasteiger partial charge on any atom is 0.192 e. The third kappa shape index (κ3) is 8.30. The molecule has 0 bridgehead atoms. The van der Waals surface area contributed by atoms with Gasteiger partial charge in [0.25, 0.3) is 0 Å². The van der Waals surface area contributed by atoms with Crippen molar-refractivity contribution in [2.75, 3.05) is 13.7 Å². The minimum Gasteiger partial charge on any atom is -0.496 e. The first-order valence-electron chi connectivity index (χ1n) is 14.7. The molecule has 0 aliphatic carbocycles. The highest BCUT2D eigenvalue weighted by Crippen LogP contribution is 2.45. The number of benzene rings is 1. The van der Waals surface area contributed by atoms with Crippen molar-refractivity contribution in [1.82, 2.24) is 0 Å². The van der Waals surface area contributed by atoms with Crippen LogP contribution < -0.4 is 4.74 Å². The van der Waals surface area contributed by atoms with Crippen molar-refractivity contribution in [3.63, 3.8) is 0 Å². The summed E-state index contributed by atoms with van der Waals surface area (Å²) in [5.41, 5.74) is 1.13. The van der Waals surface area contributed by atoms with Crippen molar-refractivity contribution in [3.8, 4) is 5.75 Å². The monoisotopic (exact) mass is 596 g/mol. The Morgan fingerprint density at radius 3 is 1.54 bits per heavy atom. The number of hydrogen-bond donors (Lipinski definition) is 0. The Labute approximate surface area is 244 Å². The molecule has 1 aromatic rings. The van der Waals surface area contributed by atoms with Crippen molar-refractivity contribution in [2.24, 2.45) is 0 Å². The fourth-order valence-corrected chi connectivity index (χ4v) is 7.67. The second-order valence-electron chi connectivity index (χ2n) is 16.0. The Bertz CT molecular complexity index is 941. The molecule has 0 amide bonds. The van der Waals surface area contributed by atoms with Gasteiger partial charge in [0.1, 0.15) is 18.0 Å². The number of para-hydroxylation sites is 1. The molecule has 39 heavy (non-hydrogen) atoms. The summed E-state index contributed by atoms with van der Waals surface area (Å²) in [7, 11) is -4.53. The summed E-state index contributed by atoms with van der Waals surface area (Å²) in [5, 5.41) is 0.259. The second kappa shape index (κ2) is 12.0. The fourth-order valence-electron chi connectivity index (χ4n) is 4.02. The molecule has 0 unspecified atom stereocenters. The van der Waals surface area contributed by atoms with Crippen molar-refractivity contribution < 1.29 is 22.8 Å². The largest absolute Gasteiger partial charge is 0.496 e. The summed E-state index contributed by atoms with van der Waals surface area (Å²) < 4.78 is 33.9. The average Bonchev–Trinajstić information content (AvgIpc) is 3.05. The van der Waals surface area contributed by atoms with Crippen LogP contribution in [-0.2, 0) is 24.4 Å². The maximum absolute atomic E-state index is 7.25. The average molecular weight is 597 g/mol. The summed E-state index contributed by atoms with van der Waals surface area (Å²) in [5.74, 6) is 0.884. The Kier molecular flexibility index (Phi) is 10.7. The molecule has 1 heterocycles. The van der Waals surface area contributed by atoms with E-state index in [0.717, 1.165) is 11.3 Å². The van der Waals surface area contributed by atoms with Gasteiger partial charge in [0.05, 0.1) is 25.9 Å². The van der Waals surface area contributed by atoms with Crippen molar-refractivity contribution in [1.29, 1.82) is 0 Å². The van der Waals surface area contributed by atoms with Crippen LogP contribution in [0.3, 0.4) is 0 Å². The topological polar surface area (TPSA) is 46.2 Å². The Hall–Kier alpha value is -0.489. The van der Waals surface area contributed by atoms with E-state index in [1.54, 1.807) is 7.11 Å². The number of methoxy groups -OCH3 is 1. The fraction of sp³-hybridized carbons (Fsp3) is 0.806. The van der Waals surface area contributed by atoms with Crippen molar-refractivity contribution in [2.45, 2.75) is 148 Å². The lowest BCUT2D eigenvalue weighted by molar-refractivity contribution is -0.0160. The predicted octanol–water partition coefficient (Wildman–Crippen LogP) is 8.81. The van der Waals surface area contributed by atoms with Crippen LogP contribution in [-0.4, -0.2) is 63.1 Å². The van der Waals surface area contributed by atoms with E-state index in [1.807, 2.05) is 12.1 Å². The van der Waals surface area contributed by atoms with Gasteiger partial charge in [-0.3, -0.25) is 0 Å². The zero-order valence-electron chi connectivity index (χ0n) is 28.1. The summed E-state index contributed by atoms with van der Waals surface area (Å²) in [6.07, 6.45) is -0.0135. The van der Waals surface area contributed by atoms with Crippen LogP contribution in [0.2, 0.25) is 54.4 Å². The van der Waals surface area contributed by atoms with Gasteiger partial charge in [0, 0.05) is 6.42 Å². The standard InChI is InChI=1S/C31H60O5Si3/c1-29(2,3)37(11,12)33-22-26-28(36-39(15,16)31(7,8)9)27(35-38(13,14)30(4,5)6)25(34-26)21-23-19-17-18-20-24(23)32-10/h17-20,25-28H,21-22H2,1-16H3/t25-,26+,27-,28+/m0/s1. The first-order valence-corrected chi connectivity index (χ1v) is 23.4. The van der Waals surface area contributed by atoms with Gasteiger partial charge in [-0.2, -0.15) is 0 Å². The lowest BCUT2D eigenvalue weighted by Gasteiger charge is -2.44. The molecule has 0 saturated carbocycles. The van der Waals surface area contributed by atoms with Crippen LogP contribution in [0.15, 0.2) is 24.3 Å². The zero-order chi connectivity index (χ0) is 30.2. The molecule has 5 nitrogen and oxygen atoms in total. The minimum absolute atomic E-state index is 0.0687. The molecular weight excluding hydrogens is 537 g/mol. The number of hydrogen-bond acceptors (Lipinski definition) is 5. The van der Waals surface area contributed by atoms with E-state index in [1.165, 1.54) is 0 Å². The summed E-state index contributed by atoms with van der Waals surface area (Å²) in [4.78, 5) is 0. The predicted molar refractivity (Wildman–Crippen MR) is 173 cm³/mol.